The zero-order valence-corrected chi connectivity index (χ0v) is 9.21. The van der Waals surface area contributed by atoms with E-state index in [0.717, 1.165) is 13.0 Å². The minimum atomic E-state index is 0.240. The summed E-state index contributed by atoms with van der Waals surface area (Å²) in [4.78, 5) is 0. The fourth-order valence-electron chi connectivity index (χ4n) is 2.31. The minimum Gasteiger partial charge on any atom is -0.395 e. The molecule has 84 valence electrons. The van der Waals surface area contributed by atoms with Gasteiger partial charge in [0.05, 0.1) is 6.61 Å². The molecule has 1 aliphatic carbocycles. The van der Waals surface area contributed by atoms with Gasteiger partial charge in [0.25, 0.3) is 0 Å². The van der Waals surface area contributed by atoms with Crippen molar-refractivity contribution in [3.8, 4) is 0 Å². The van der Waals surface area contributed by atoms with Gasteiger partial charge < -0.3 is 16.2 Å². The van der Waals surface area contributed by atoms with Crippen LogP contribution < -0.4 is 11.1 Å². The van der Waals surface area contributed by atoms with Crippen LogP contribution in [0.1, 0.15) is 39.0 Å². The monoisotopic (exact) mass is 200 g/mol. The van der Waals surface area contributed by atoms with E-state index >= 15 is 0 Å². The zero-order valence-electron chi connectivity index (χ0n) is 9.21. The number of nitrogens with two attached hydrogens (primary N) is 1. The number of rotatable bonds is 5. The molecule has 1 aliphatic rings. The van der Waals surface area contributed by atoms with Crippen molar-refractivity contribution in [3.05, 3.63) is 0 Å². The van der Waals surface area contributed by atoms with Crippen molar-refractivity contribution in [2.24, 2.45) is 11.7 Å². The van der Waals surface area contributed by atoms with E-state index < -0.39 is 0 Å². The maximum Gasteiger partial charge on any atom is 0.0584 e. The predicted molar refractivity (Wildman–Crippen MR) is 59.1 cm³/mol. The van der Waals surface area contributed by atoms with Crippen molar-refractivity contribution in [2.75, 3.05) is 13.2 Å². The van der Waals surface area contributed by atoms with E-state index in [1.165, 1.54) is 25.7 Å². The quantitative estimate of drug-likeness (QED) is 0.617. The van der Waals surface area contributed by atoms with Gasteiger partial charge >= 0.3 is 0 Å². The van der Waals surface area contributed by atoms with E-state index in [9.17, 15) is 0 Å². The molecule has 1 rings (SSSR count). The Morgan fingerprint density at radius 1 is 1.43 bits per heavy atom. The molecule has 0 aromatic carbocycles. The third kappa shape index (κ3) is 3.23. The van der Waals surface area contributed by atoms with Gasteiger partial charge in [-0.3, -0.25) is 0 Å². The molecule has 0 heterocycles. The first-order chi connectivity index (χ1) is 6.81. The fraction of sp³-hybridized carbons (Fsp3) is 1.00. The van der Waals surface area contributed by atoms with E-state index in [0.29, 0.717) is 12.0 Å². The first-order valence-corrected chi connectivity index (χ1v) is 5.88. The average Bonchev–Trinajstić information content (AvgIpc) is 2.26. The average molecular weight is 200 g/mol. The number of hydrogen-bond acceptors (Lipinski definition) is 3. The van der Waals surface area contributed by atoms with Gasteiger partial charge in [-0.25, -0.2) is 0 Å². The molecule has 14 heavy (non-hydrogen) atoms. The maximum absolute atomic E-state index is 9.12. The van der Waals surface area contributed by atoms with Gasteiger partial charge in [-0.2, -0.15) is 0 Å². The highest BCUT2D eigenvalue weighted by Crippen LogP contribution is 2.23. The third-order valence-electron chi connectivity index (χ3n) is 3.37. The lowest BCUT2D eigenvalue weighted by molar-refractivity contribution is 0.189. The van der Waals surface area contributed by atoms with Crippen LogP contribution >= 0.6 is 0 Å². The summed E-state index contributed by atoms with van der Waals surface area (Å²) in [6, 6.07) is 0.790. The molecule has 0 amide bonds. The highest BCUT2D eigenvalue weighted by atomic mass is 16.3. The molecule has 1 saturated carbocycles. The van der Waals surface area contributed by atoms with Crippen molar-refractivity contribution in [3.63, 3.8) is 0 Å². The summed E-state index contributed by atoms with van der Waals surface area (Å²) in [7, 11) is 0. The molecular weight excluding hydrogens is 176 g/mol. The van der Waals surface area contributed by atoms with Crippen molar-refractivity contribution < 1.29 is 5.11 Å². The number of aliphatic hydroxyl groups is 1. The third-order valence-corrected chi connectivity index (χ3v) is 3.37. The van der Waals surface area contributed by atoms with Crippen molar-refractivity contribution >= 4 is 0 Å². The summed E-state index contributed by atoms with van der Waals surface area (Å²) in [5.74, 6) is 0.615. The Kier molecular flexibility index (Phi) is 5.45. The molecule has 0 aromatic rings. The fourth-order valence-corrected chi connectivity index (χ4v) is 2.31. The zero-order chi connectivity index (χ0) is 10.4. The van der Waals surface area contributed by atoms with E-state index in [1.807, 2.05) is 0 Å². The summed E-state index contributed by atoms with van der Waals surface area (Å²) in [5, 5.41) is 12.6. The van der Waals surface area contributed by atoms with Crippen molar-refractivity contribution in [1.29, 1.82) is 0 Å². The Balaban J connectivity index is 2.39. The SMILES string of the molecule is CCC(CO)NC1CCCCC1CN. The molecule has 0 spiro atoms. The molecule has 3 heteroatoms. The number of nitrogens with one attached hydrogen (secondary N) is 1. The molecule has 0 saturated heterocycles. The van der Waals surface area contributed by atoms with Crippen LogP contribution in [0.4, 0.5) is 0 Å². The Bertz CT molecular complexity index is 148. The molecule has 0 aromatic heterocycles. The van der Waals surface area contributed by atoms with E-state index in [1.54, 1.807) is 0 Å². The lowest BCUT2D eigenvalue weighted by atomic mass is 9.84. The molecule has 1 fully saturated rings. The second-order valence-corrected chi connectivity index (χ2v) is 4.34. The summed E-state index contributed by atoms with van der Waals surface area (Å²) in [5.41, 5.74) is 5.75. The van der Waals surface area contributed by atoms with Crippen LogP contribution in [0.5, 0.6) is 0 Å². The normalized spacial score (nSPS) is 30.2. The molecule has 4 N–H and O–H groups in total. The molecule has 3 unspecified atom stereocenters. The van der Waals surface area contributed by atoms with Crippen LogP contribution in [0.15, 0.2) is 0 Å². The van der Waals surface area contributed by atoms with Crippen molar-refractivity contribution in [2.45, 2.75) is 51.1 Å². The van der Waals surface area contributed by atoms with E-state index in [2.05, 4.69) is 12.2 Å². The molecule has 3 atom stereocenters. The molecule has 3 nitrogen and oxygen atoms in total. The lowest BCUT2D eigenvalue weighted by Crippen LogP contribution is -2.47. The van der Waals surface area contributed by atoms with Gasteiger partial charge in [0.2, 0.25) is 0 Å². The Morgan fingerprint density at radius 2 is 2.14 bits per heavy atom. The van der Waals surface area contributed by atoms with Gasteiger partial charge in [-0.05, 0) is 31.7 Å². The largest absolute Gasteiger partial charge is 0.395 e. The molecular formula is C11H24N2O. The maximum atomic E-state index is 9.12. The Labute approximate surface area is 87.1 Å². The predicted octanol–water partition coefficient (Wildman–Crippen LogP) is 0.864. The number of hydrogen-bond donors (Lipinski definition) is 3. The summed E-state index contributed by atoms with van der Waals surface area (Å²) in [6.45, 7) is 3.12. The number of aliphatic hydroxyl groups excluding tert-OH is 1. The summed E-state index contributed by atoms with van der Waals surface area (Å²) in [6.07, 6.45) is 6.07. The Hall–Kier alpha value is -0.120. The van der Waals surface area contributed by atoms with Gasteiger partial charge in [0, 0.05) is 12.1 Å². The van der Waals surface area contributed by atoms with Gasteiger partial charge in [0.1, 0.15) is 0 Å². The van der Waals surface area contributed by atoms with Crippen LogP contribution in [0, 0.1) is 5.92 Å². The molecule has 0 bridgehead atoms. The van der Waals surface area contributed by atoms with Crippen LogP contribution in [0.3, 0.4) is 0 Å². The van der Waals surface area contributed by atoms with E-state index in [4.69, 9.17) is 10.8 Å². The lowest BCUT2D eigenvalue weighted by Gasteiger charge is -2.34. The van der Waals surface area contributed by atoms with E-state index in [-0.39, 0.29) is 12.6 Å². The van der Waals surface area contributed by atoms with Crippen LogP contribution in [-0.4, -0.2) is 30.3 Å². The summed E-state index contributed by atoms with van der Waals surface area (Å²) >= 11 is 0. The summed E-state index contributed by atoms with van der Waals surface area (Å²) < 4.78 is 0. The van der Waals surface area contributed by atoms with Gasteiger partial charge in [0.15, 0.2) is 0 Å². The first-order valence-electron chi connectivity index (χ1n) is 5.88. The standard InChI is InChI=1S/C11H24N2O/c1-2-10(8-14)13-11-6-4-3-5-9(11)7-12/h9-11,13-14H,2-8,12H2,1H3. The van der Waals surface area contributed by atoms with Gasteiger partial charge in [-0.15, -0.1) is 0 Å². The van der Waals surface area contributed by atoms with Crippen LogP contribution in [-0.2, 0) is 0 Å². The first kappa shape index (κ1) is 12.0. The molecule has 0 aliphatic heterocycles. The van der Waals surface area contributed by atoms with Crippen LogP contribution in [0.2, 0.25) is 0 Å². The van der Waals surface area contributed by atoms with Gasteiger partial charge in [-0.1, -0.05) is 19.8 Å². The molecule has 0 radical (unpaired) electrons. The highest BCUT2D eigenvalue weighted by Gasteiger charge is 2.25. The highest BCUT2D eigenvalue weighted by molar-refractivity contribution is 4.83. The second-order valence-electron chi connectivity index (χ2n) is 4.34. The topological polar surface area (TPSA) is 58.3 Å². The second kappa shape index (κ2) is 6.38. The smallest absolute Gasteiger partial charge is 0.0584 e. The van der Waals surface area contributed by atoms with Crippen molar-refractivity contribution in [1.82, 2.24) is 5.32 Å². The minimum absolute atomic E-state index is 0.240. The Morgan fingerprint density at radius 3 is 2.71 bits per heavy atom. The van der Waals surface area contributed by atoms with Crippen LogP contribution in [0.25, 0.3) is 0 Å².